The van der Waals surface area contributed by atoms with Crippen LogP contribution in [0.2, 0.25) is 10.0 Å². The van der Waals surface area contributed by atoms with Crippen molar-refractivity contribution in [2.24, 2.45) is 0 Å². The van der Waals surface area contributed by atoms with E-state index in [-0.39, 0.29) is 0 Å². The third-order valence-corrected chi connectivity index (χ3v) is 8.02. The molecule has 0 saturated heterocycles. The van der Waals surface area contributed by atoms with E-state index >= 15 is 0 Å². The Labute approximate surface area is 244 Å². The Morgan fingerprint density at radius 1 is 1.05 bits per heavy atom. The maximum Gasteiger partial charge on any atom is 0.356 e. The Balaban J connectivity index is 0.00000158. The van der Waals surface area contributed by atoms with Gasteiger partial charge in [0.1, 0.15) is 29.5 Å². The molecule has 2 atom stereocenters. The zero-order valence-electron chi connectivity index (χ0n) is 23.0. The molecule has 0 N–H and O–H groups in total. The number of pyridine rings is 1. The first kappa shape index (κ1) is 28.2. The number of benzene rings is 2. The second-order valence-corrected chi connectivity index (χ2v) is 10.8. The molecule has 208 valence electrons. The van der Waals surface area contributed by atoms with Gasteiger partial charge in [0.15, 0.2) is 0 Å². The minimum absolute atomic E-state index is 0.302. The molecule has 6 nitrogen and oxygen atoms in total. The summed E-state index contributed by atoms with van der Waals surface area (Å²) in [6, 6.07) is 15.3. The number of carbonyl (C=O) groups excluding carboxylic acids is 1. The molecule has 0 bridgehead atoms. The molecule has 2 aromatic heterocycles. The van der Waals surface area contributed by atoms with Gasteiger partial charge in [-0.05, 0) is 79.0 Å². The van der Waals surface area contributed by atoms with Crippen molar-refractivity contribution in [3.05, 3.63) is 98.5 Å². The maximum absolute atomic E-state index is 11.6. The van der Waals surface area contributed by atoms with Gasteiger partial charge in [0.2, 0.25) is 0 Å². The van der Waals surface area contributed by atoms with Gasteiger partial charge in [-0.1, -0.05) is 66.5 Å². The van der Waals surface area contributed by atoms with Crippen molar-refractivity contribution in [2.75, 3.05) is 7.11 Å². The summed E-state index contributed by atoms with van der Waals surface area (Å²) in [5.41, 5.74) is 6.07. The lowest BCUT2D eigenvalue weighted by molar-refractivity contribution is 0.0594. The van der Waals surface area contributed by atoms with Crippen LogP contribution in [0.25, 0.3) is 11.3 Å². The van der Waals surface area contributed by atoms with E-state index in [1.54, 1.807) is 12.3 Å². The van der Waals surface area contributed by atoms with Crippen molar-refractivity contribution >= 4 is 29.2 Å². The van der Waals surface area contributed by atoms with Crippen molar-refractivity contribution in [3.63, 3.8) is 0 Å². The van der Waals surface area contributed by atoms with E-state index in [9.17, 15) is 4.79 Å². The Bertz CT molecular complexity index is 1490. The molecule has 4 aromatic rings. The summed E-state index contributed by atoms with van der Waals surface area (Å²) in [6.07, 6.45) is 4.91. The van der Waals surface area contributed by atoms with Gasteiger partial charge in [-0.25, -0.2) is 9.78 Å². The normalized spacial score (nSPS) is 17.6. The number of ether oxygens (including phenoxy) is 2. The van der Waals surface area contributed by atoms with Gasteiger partial charge in [-0.3, -0.25) is 0 Å². The SMILES string of the molecule is CC.COC(=O)c1ccc(C2CC2c2ccc(OCc3c(-c4c(C)cccc4Cl)noc3C3CC3)cc2Cl)cn1. The highest BCUT2D eigenvalue weighted by atomic mass is 35.5. The molecule has 2 heterocycles. The molecular formula is C32H32Cl2N2O4. The highest BCUT2D eigenvalue weighted by Gasteiger charge is 2.41. The first-order chi connectivity index (χ1) is 19.4. The summed E-state index contributed by atoms with van der Waals surface area (Å²) in [4.78, 5) is 15.9. The number of hydrogen-bond donors (Lipinski definition) is 0. The third-order valence-electron chi connectivity index (χ3n) is 7.38. The van der Waals surface area contributed by atoms with Crippen LogP contribution < -0.4 is 4.74 Å². The molecule has 0 amide bonds. The average Bonchev–Trinajstić information content (AvgIpc) is 3.91. The van der Waals surface area contributed by atoms with Crippen LogP contribution >= 0.6 is 23.2 Å². The Hall–Kier alpha value is -3.35. The van der Waals surface area contributed by atoms with Crippen molar-refractivity contribution in [3.8, 4) is 17.0 Å². The number of esters is 1. The largest absolute Gasteiger partial charge is 0.489 e. The second kappa shape index (κ2) is 12.0. The van der Waals surface area contributed by atoms with Crippen molar-refractivity contribution in [1.82, 2.24) is 10.1 Å². The Morgan fingerprint density at radius 2 is 1.85 bits per heavy atom. The van der Waals surface area contributed by atoms with Gasteiger partial charge < -0.3 is 14.0 Å². The molecule has 8 heteroatoms. The first-order valence-corrected chi connectivity index (χ1v) is 14.4. The number of carbonyl (C=O) groups is 1. The molecule has 40 heavy (non-hydrogen) atoms. The molecule has 0 radical (unpaired) electrons. The maximum atomic E-state index is 11.6. The Morgan fingerprint density at radius 3 is 2.50 bits per heavy atom. The van der Waals surface area contributed by atoms with Gasteiger partial charge in [-0.15, -0.1) is 0 Å². The van der Waals surface area contributed by atoms with E-state index in [2.05, 4.69) is 10.1 Å². The molecule has 2 aliphatic rings. The van der Waals surface area contributed by atoms with Crippen LogP contribution in [0.1, 0.15) is 89.4 Å². The fourth-order valence-electron chi connectivity index (χ4n) is 5.07. The summed E-state index contributed by atoms with van der Waals surface area (Å²) in [5, 5.41) is 5.72. The van der Waals surface area contributed by atoms with Crippen LogP contribution in [0, 0.1) is 6.92 Å². The quantitative estimate of drug-likeness (QED) is 0.194. The highest BCUT2D eigenvalue weighted by molar-refractivity contribution is 6.33. The summed E-state index contributed by atoms with van der Waals surface area (Å²) in [6.45, 7) is 6.33. The van der Waals surface area contributed by atoms with E-state index in [4.69, 9.17) is 37.2 Å². The fraction of sp³-hybridized carbons (Fsp3) is 0.344. The predicted molar refractivity (Wildman–Crippen MR) is 156 cm³/mol. The molecule has 6 rings (SSSR count). The van der Waals surface area contributed by atoms with Gasteiger partial charge in [0.25, 0.3) is 0 Å². The molecule has 2 saturated carbocycles. The van der Waals surface area contributed by atoms with Crippen molar-refractivity contribution in [2.45, 2.75) is 64.4 Å². The number of methoxy groups -OCH3 is 1. The smallest absolute Gasteiger partial charge is 0.356 e. The lowest BCUT2D eigenvalue weighted by Gasteiger charge is -2.12. The number of nitrogens with zero attached hydrogens (tertiary/aromatic N) is 2. The zero-order chi connectivity index (χ0) is 28.4. The topological polar surface area (TPSA) is 74.5 Å². The minimum atomic E-state index is -0.438. The number of halogens is 2. The number of rotatable bonds is 8. The second-order valence-electron chi connectivity index (χ2n) is 9.97. The van der Waals surface area contributed by atoms with Gasteiger partial charge in [-0.2, -0.15) is 0 Å². The van der Waals surface area contributed by atoms with Gasteiger partial charge in [0.05, 0.1) is 17.7 Å². The Kier molecular flexibility index (Phi) is 8.48. The molecule has 0 aliphatic heterocycles. The van der Waals surface area contributed by atoms with Crippen LogP contribution in [0.3, 0.4) is 0 Å². The number of aryl methyl sites for hydroxylation is 1. The molecular weight excluding hydrogens is 547 g/mol. The molecule has 2 unspecified atom stereocenters. The number of aromatic nitrogens is 2. The van der Waals surface area contributed by atoms with E-state index in [1.165, 1.54) is 7.11 Å². The lowest BCUT2D eigenvalue weighted by Crippen LogP contribution is -2.04. The summed E-state index contributed by atoms with van der Waals surface area (Å²) >= 11 is 13.3. The average molecular weight is 580 g/mol. The van der Waals surface area contributed by atoms with Gasteiger partial charge in [0, 0.05) is 22.7 Å². The number of hydrogen-bond acceptors (Lipinski definition) is 6. The molecule has 2 aromatic carbocycles. The summed E-state index contributed by atoms with van der Waals surface area (Å²) < 4.78 is 16.7. The van der Waals surface area contributed by atoms with Crippen LogP contribution in [0.15, 0.2) is 59.3 Å². The van der Waals surface area contributed by atoms with Crippen LogP contribution in [0.5, 0.6) is 5.75 Å². The van der Waals surface area contributed by atoms with Crippen LogP contribution in [-0.4, -0.2) is 23.2 Å². The monoisotopic (exact) mass is 578 g/mol. The lowest BCUT2D eigenvalue weighted by atomic mass is 10.0. The van der Waals surface area contributed by atoms with E-state index in [0.717, 1.165) is 58.5 Å². The van der Waals surface area contributed by atoms with Crippen molar-refractivity contribution in [1.29, 1.82) is 0 Å². The highest BCUT2D eigenvalue weighted by Crippen LogP contribution is 2.56. The standard InChI is InChI=1S/C30H26Cl2N2O4.C2H6/c1-16-4-3-5-24(31)27(16)28-23(29(38-34-28)17-6-7-17)15-37-19-9-10-20(25(32)12-19)22-13-21(22)18-8-11-26(33-14-18)30(35)36-2;1-2/h3-5,8-12,14,17,21-22H,6-7,13,15H2,1-2H3;1-2H3. The first-order valence-electron chi connectivity index (χ1n) is 13.6. The van der Waals surface area contributed by atoms with Crippen LogP contribution in [0.4, 0.5) is 0 Å². The third kappa shape index (κ3) is 5.74. The zero-order valence-corrected chi connectivity index (χ0v) is 24.6. The summed E-state index contributed by atoms with van der Waals surface area (Å²) in [5.74, 6) is 2.13. The van der Waals surface area contributed by atoms with Gasteiger partial charge >= 0.3 is 5.97 Å². The van der Waals surface area contributed by atoms with Crippen LogP contribution in [-0.2, 0) is 11.3 Å². The minimum Gasteiger partial charge on any atom is -0.489 e. The molecule has 0 spiro atoms. The molecule has 2 aliphatic carbocycles. The van der Waals surface area contributed by atoms with Crippen molar-refractivity contribution < 1.29 is 18.8 Å². The summed E-state index contributed by atoms with van der Waals surface area (Å²) in [7, 11) is 1.35. The molecule has 2 fully saturated rings. The van der Waals surface area contributed by atoms with E-state index in [0.29, 0.717) is 45.8 Å². The van der Waals surface area contributed by atoms with E-state index in [1.807, 2.05) is 63.2 Å². The van der Waals surface area contributed by atoms with E-state index < -0.39 is 5.97 Å². The fourth-order valence-corrected chi connectivity index (χ4v) is 5.69. The predicted octanol–water partition coefficient (Wildman–Crippen LogP) is 8.89.